The molecule has 1 N–H and O–H groups in total. The van der Waals surface area contributed by atoms with Crippen LogP contribution in [0, 0.1) is 23.7 Å². The minimum absolute atomic E-state index is 0.0986. The van der Waals surface area contributed by atoms with Crippen LogP contribution in [0.1, 0.15) is 45.6 Å². The van der Waals surface area contributed by atoms with Gasteiger partial charge in [0.1, 0.15) is 11.6 Å². The van der Waals surface area contributed by atoms with E-state index in [9.17, 15) is 4.79 Å². The average molecular weight is 358 g/mol. The first-order valence-electron chi connectivity index (χ1n) is 9.70. The van der Waals surface area contributed by atoms with Gasteiger partial charge in [0.05, 0.1) is 12.3 Å². The molecule has 5 atom stereocenters. The standard InChI is InChI=1S/C20H30N4O2/c1-11-6-13(11)18(25)23-17-14-8-24(9-15(14)17)16-7-12(10-26-5)21-19(22-16)20(2,3)4/h7,11,13-15,17H,6,8-10H2,1-5H3,(H,23,25)/t11?,13?,14-,15+,17?. The molecule has 0 spiro atoms. The topological polar surface area (TPSA) is 67.3 Å². The number of nitrogens with one attached hydrogen (secondary N) is 1. The van der Waals surface area contributed by atoms with E-state index in [1.807, 2.05) is 6.07 Å². The first-order valence-corrected chi connectivity index (χ1v) is 9.70. The molecule has 1 aliphatic heterocycles. The van der Waals surface area contributed by atoms with Crippen LogP contribution < -0.4 is 10.2 Å². The third-order valence-corrected chi connectivity index (χ3v) is 6.00. The second-order valence-electron chi connectivity index (χ2n) is 9.31. The Balaban J connectivity index is 1.42. The lowest BCUT2D eigenvalue weighted by molar-refractivity contribution is -0.122. The SMILES string of the molecule is COCc1cc(N2C[C@@H]3C(NC(=O)C4CC4C)[C@@H]3C2)nc(C(C)(C)C)n1. The predicted octanol–water partition coefficient (Wildman–Crippen LogP) is 2.13. The molecular formula is C20H30N4O2. The van der Waals surface area contributed by atoms with Gasteiger partial charge in [-0.1, -0.05) is 27.7 Å². The number of methoxy groups -OCH3 is 1. The summed E-state index contributed by atoms with van der Waals surface area (Å²) in [5, 5.41) is 3.27. The lowest BCUT2D eigenvalue weighted by Gasteiger charge is -2.25. The van der Waals surface area contributed by atoms with Crippen molar-refractivity contribution in [2.45, 2.75) is 52.2 Å². The zero-order chi connectivity index (χ0) is 18.6. The fraction of sp³-hybridized carbons (Fsp3) is 0.750. The van der Waals surface area contributed by atoms with Crippen molar-refractivity contribution < 1.29 is 9.53 Å². The summed E-state index contributed by atoms with van der Waals surface area (Å²) in [5.41, 5.74) is 0.828. The molecule has 4 rings (SSSR count). The molecule has 2 saturated carbocycles. The Morgan fingerprint density at radius 3 is 2.50 bits per heavy atom. The maximum atomic E-state index is 12.2. The quantitative estimate of drug-likeness (QED) is 0.873. The van der Waals surface area contributed by atoms with Crippen LogP contribution in [0.2, 0.25) is 0 Å². The maximum Gasteiger partial charge on any atom is 0.223 e. The fourth-order valence-electron chi connectivity index (χ4n) is 4.09. The molecule has 1 amide bonds. The third-order valence-electron chi connectivity index (χ3n) is 6.00. The summed E-state index contributed by atoms with van der Waals surface area (Å²) in [6, 6.07) is 2.41. The number of rotatable bonds is 5. The normalized spacial score (nSPS) is 32.3. The van der Waals surface area contributed by atoms with Crippen LogP contribution in [0.4, 0.5) is 5.82 Å². The van der Waals surface area contributed by atoms with Crippen molar-refractivity contribution in [3.63, 3.8) is 0 Å². The van der Waals surface area contributed by atoms with E-state index in [2.05, 4.69) is 42.9 Å². The number of anilines is 1. The Labute approximate surface area is 155 Å². The summed E-state index contributed by atoms with van der Waals surface area (Å²) in [4.78, 5) is 24.0. The number of piperidine rings is 1. The number of hydrogen-bond donors (Lipinski definition) is 1. The summed E-state index contributed by atoms with van der Waals surface area (Å²) in [5.74, 6) is 4.07. The summed E-state index contributed by atoms with van der Waals surface area (Å²) >= 11 is 0. The van der Waals surface area contributed by atoms with E-state index in [0.717, 1.165) is 36.8 Å². The van der Waals surface area contributed by atoms with E-state index in [4.69, 9.17) is 9.72 Å². The first-order chi connectivity index (χ1) is 12.3. The molecule has 6 heteroatoms. The largest absolute Gasteiger partial charge is 0.378 e. The number of ether oxygens (including phenoxy) is 1. The second kappa shape index (κ2) is 6.19. The zero-order valence-electron chi connectivity index (χ0n) is 16.5. The van der Waals surface area contributed by atoms with Crippen LogP contribution in [-0.4, -0.2) is 42.1 Å². The van der Waals surface area contributed by atoms with E-state index in [1.165, 1.54) is 0 Å². The summed E-state index contributed by atoms with van der Waals surface area (Å²) in [6.07, 6.45) is 1.05. The van der Waals surface area contributed by atoms with Gasteiger partial charge in [0.15, 0.2) is 0 Å². The summed E-state index contributed by atoms with van der Waals surface area (Å²) < 4.78 is 5.28. The Morgan fingerprint density at radius 2 is 1.96 bits per heavy atom. The lowest BCUT2D eigenvalue weighted by atomic mass is 9.95. The van der Waals surface area contributed by atoms with Crippen molar-refractivity contribution in [2.24, 2.45) is 23.7 Å². The van der Waals surface area contributed by atoms with Crippen LogP contribution >= 0.6 is 0 Å². The van der Waals surface area contributed by atoms with Gasteiger partial charge in [0.2, 0.25) is 5.91 Å². The zero-order valence-corrected chi connectivity index (χ0v) is 16.5. The van der Waals surface area contributed by atoms with Gasteiger partial charge in [-0.2, -0.15) is 0 Å². The van der Waals surface area contributed by atoms with Gasteiger partial charge in [0, 0.05) is 55.5 Å². The number of hydrogen-bond acceptors (Lipinski definition) is 5. The summed E-state index contributed by atoms with van der Waals surface area (Å²) in [7, 11) is 1.69. The van der Waals surface area contributed by atoms with Crippen molar-refractivity contribution in [1.29, 1.82) is 0 Å². The van der Waals surface area contributed by atoms with Gasteiger partial charge in [-0.3, -0.25) is 4.79 Å². The minimum Gasteiger partial charge on any atom is -0.378 e. The van der Waals surface area contributed by atoms with Crippen LogP contribution in [-0.2, 0) is 21.6 Å². The second-order valence-corrected chi connectivity index (χ2v) is 9.31. The molecule has 1 saturated heterocycles. The average Bonchev–Trinajstić information content (AvgIpc) is 3.39. The highest BCUT2D eigenvalue weighted by Gasteiger charge is 2.57. The van der Waals surface area contributed by atoms with Gasteiger partial charge in [-0.15, -0.1) is 0 Å². The Hall–Kier alpha value is -1.69. The summed E-state index contributed by atoms with van der Waals surface area (Å²) in [6.45, 7) is 11.0. The maximum absolute atomic E-state index is 12.2. The number of nitrogens with zero attached hydrogens (tertiary/aromatic N) is 3. The molecule has 0 radical (unpaired) electrons. The van der Waals surface area contributed by atoms with Gasteiger partial charge >= 0.3 is 0 Å². The smallest absolute Gasteiger partial charge is 0.223 e. The highest BCUT2D eigenvalue weighted by molar-refractivity contribution is 5.82. The van der Waals surface area contributed by atoms with Crippen molar-refractivity contribution in [1.82, 2.24) is 15.3 Å². The van der Waals surface area contributed by atoms with E-state index < -0.39 is 0 Å². The van der Waals surface area contributed by atoms with E-state index >= 15 is 0 Å². The lowest BCUT2D eigenvalue weighted by Crippen LogP contribution is -2.36. The molecule has 3 unspecified atom stereocenters. The molecule has 1 aromatic rings. The van der Waals surface area contributed by atoms with Crippen molar-refractivity contribution in [2.75, 3.05) is 25.1 Å². The van der Waals surface area contributed by atoms with Crippen molar-refractivity contribution in [3.8, 4) is 0 Å². The Bertz CT molecular complexity index is 702. The molecule has 3 aliphatic rings. The molecule has 0 bridgehead atoms. The molecule has 142 valence electrons. The number of carbonyl (C=O) groups is 1. The fourth-order valence-corrected chi connectivity index (χ4v) is 4.09. The van der Waals surface area contributed by atoms with Crippen molar-refractivity contribution in [3.05, 3.63) is 17.6 Å². The molecule has 1 aromatic heterocycles. The third kappa shape index (κ3) is 3.31. The van der Waals surface area contributed by atoms with Crippen LogP contribution in [0.25, 0.3) is 0 Å². The number of aromatic nitrogens is 2. The molecule has 2 heterocycles. The molecular weight excluding hydrogens is 328 g/mol. The Morgan fingerprint density at radius 1 is 1.31 bits per heavy atom. The molecule has 2 aliphatic carbocycles. The van der Waals surface area contributed by atoms with Gasteiger partial charge in [0.25, 0.3) is 0 Å². The predicted molar refractivity (Wildman–Crippen MR) is 99.8 cm³/mol. The van der Waals surface area contributed by atoms with Crippen molar-refractivity contribution >= 4 is 11.7 Å². The Kier molecular flexibility index (Phi) is 4.21. The molecule has 6 nitrogen and oxygen atoms in total. The molecule has 3 fully saturated rings. The highest BCUT2D eigenvalue weighted by Crippen LogP contribution is 2.48. The first kappa shape index (κ1) is 17.7. The highest BCUT2D eigenvalue weighted by atomic mass is 16.5. The van der Waals surface area contributed by atoms with E-state index in [0.29, 0.717) is 30.4 Å². The number of fused-ring (bicyclic) bond motifs is 1. The van der Waals surface area contributed by atoms with Gasteiger partial charge in [-0.05, 0) is 12.3 Å². The molecule has 0 aromatic carbocycles. The van der Waals surface area contributed by atoms with Crippen LogP contribution in [0.5, 0.6) is 0 Å². The number of amides is 1. The van der Waals surface area contributed by atoms with E-state index in [-0.39, 0.29) is 17.2 Å². The number of carbonyl (C=O) groups excluding carboxylic acids is 1. The van der Waals surface area contributed by atoms with Gasteiger partial charge < -0.3 is 15.0 Å². The minimum atomic E-state index is -0.0986. The molecule has 26 heavy (non-hydrogen) atoms. The van der Waals surface area contributed by atoms with Gasteiger partial charge in [-0.25, -0.2) is 9.97 Å². The van der Waals surface area contributed by atoms with Crippen LogP contribution in [0.3, 0.4) is 0 Å². The monoisotopic (exact) mass is 358 g/mol. The van der Waals surface area contributed by atoms with Crippen LogP contribution in [0.15, 0.2) is 6.07 Å². The van der Waals surface area contributed by atoms with E-state index in [1.54, 1.807) is 7.11 Å².